The van der Waals surface area contributed by atoms with Crippen LogP contribution in [0, 0.1) is 6.92 Å². The summed E-state index contributed by atoms with van der Waals surface area (Å²) in [6.45, 7) is 1.83. The van der Waals surface area contributed by atoms with Crippen molar-refractivity contribution >= 4 is 11.6 Å². The lowest BCUT2D eigenvalue weighted by Gasteiger charge is -2.28. The summed E-state index contributed by atoms with van der Waals surface area (Å²) >= 11 is 5.98. The number of hydrogen-bond acceptors (Lipinski definition) is 4. The Kier molecular flexibility index (Phi) is 3.43. The van der Waals surface area contributed by atoms with E-state index in [2.05, 4.69) is 9.97 Å². The van der Waals surface area contributed by atoms with Gasteiger partial charge in [-0.25, -0.2) is 4.79 Å². The normalized spacial score (nSPS) is 15.2. The van der Waals surface area contributed by atoms with Gasteiger partial charge in [-0.15, -0.1) is 0 Å². The van der Waals surface area contributed by atoms with E-state index in [0.29, 0.717) is 16.3 Å². The quantitative estimate of drug-likeness (QED) is 0.488. The fourth-order valence-corrected chi connectivity index (χ4v) is 3.39. The van der Waals surface area contributed by atoms with Gasteiger partial charge in [0.05, 0.1) is 5.56 Å². The van der Waals surface area contributed by atoms with E-state index in [1.807, 2.05) is 19.1 Å². The van der Waals surface area contributed by atoms with Crippen LogP contribution in [0.4, 0.5) is 0 Å². The van der Waals surface area contributed by atoms with Crippen LogP contribution in [0.1, 0.15) is 28.2 Å². The average molecular weight is 357 g/mol. The molecule has 0 amide bonds. The summed E-state index contributed by atoms with van der Waals surface area (Å²) in [6, 6.07) is 10.2. The number of phenolic OH excluding ortho intramolecular Hbond substituents is 1. The summed E-state index contributed by atoms with van der Waals surface area (Å²) in [4.78, 5) is 28.9. The molecule has 1 aromatic heterocycles. The molecule has 4 rings (SSSR count). The summed E-state index contributed by atoms with van der Waals surface area (Å²) in [5.74, 6) is 0.0522. The van der Waals surface area contributed by atoms with E-state index >= 15 is 0 Å². The van der Waals surface area contributed by atoms with Gasteiger partial charge in [0.2, 0.25) is 5.88 Å². The fourth-order valence-electron chi connectivity index (χ4n) is 3.26. The zero-order valence-electron chi connectivity index (χ0n) is 13.1. The second kappa shape index (κ2) is 5.53. The van der Waals surface area contributed by atoms with Crippen molar-refractivity contribution in [1.29, 1.82) is 0 Å². The third-order valence-electron chi connectivity index (χ3n) is 4.27. The predicted molar refractivity (Wildman–Crippen MR) is 93.0 cm³/mol. The van der Waals surface area contributed by atoms with E-state index in [1.165, 1.54) is 6.07 Å². The van der Waals surface area contributed by atoms with Crippen LogP contribution < -0.4 is 16.0 Å². The molecule has 0 aliphatic carbocycles. The molecule has 0 saturated carbocycles. The maximum Gasteiger partial charge on any atom is 0.328 e. The van der Waals surface area contributed by atoms with E-state index in [1.54, 1.807) is 18.2 Å². The number of ether oxygens (including phenoxy) is 1. The summed E-state index contributed by atoms with van der Waals surface area (Å²) in [6.07, 6.45) is 0. The van der Waals surface area contributed by atoms with Gasteiger partial charge >= 0.3 is 5.69 Å². The van der Waals surface area contributed by atoms with Crippen LogP contribution in [-0.2, 0) is 0 Å². The van der Waals surface area contributed by atoms with Crippen LogP contribution >= 0.6 is 11.6 Å². The fraction of sp³-hybridized carbons (Fsp3) is 0.111. The number of rotatable bonds is 1. The van der Waals surface area contributed by atoms with Crippen molar-refractivity contribution in [2.45, 2.75) is 12.8 Å². The molecule has 1 atom stereocenters. The molecule has 2 aromatic carbocycles. The molecule has 3 N–H and O–H groups in total. The molecule has 6 nitrogen and oxygen atoms in total. The van der Waals surface area contributed by atoms with Gasteiger partial charge in [-0.05, 0) is 36.2 Å². The Hall–Kier alpha value is -2.99. The van der Waals surface area contributed by atoms with E-state index in [-0.39, 0.29) is 11.6 Å². The second-order valence-electron chi connectivity index (χ2n) is 5.91. The van der Waals surface area contributed by atoms with Gasteiger partial charge in [0.15, 0.2) is 0 Å². The molecule has 25 heavy (non-hydrogen) atoms. The van der Waals surface area contributed by atoms with Gasteiger partial charge in [0.25, 0.3) is 5.56 Å². The number of halogens is 1. The third-order valence-corrected chi connectivity index (χ3v) is 4.52. The lowest BCUT2D eigenvalue weighted by molar-refractivity contribution is 0.417. The number of fused-ring (bicyclic) bond motifs is 2. The number of aryl methyl sites for hydroxylation is 1. The first kappa shape index (κ1) is 15.5. The molecular weight excluding hydrogens is 344 g/mol. The number of nitrogens with one attached hydrogen (secondary N) is 2. The van der Waals surface area contributed by atoms with Crippen LogP contribution in [0.25, 0.3) is 0 Å². The van der Waals surface area contributed by atoms with E-state index in [9.17, 15) is 14.7 Å². The number of benzene rings is 2. The maximum absolute atomic E-state index is 12.5. The largest absolute Gasteiger partial charge is 0.508 e. The highest BCUT2D eigenvalue weighted by atomic mass is 35.5. The zero-order valence-corrected chi connectivity index (χ0v) is 13.8. The highest BCUT2D eigenvalue weighted by Crippen LogP contribution is 2.47. The molecule has 0 saturated heterocycles. The summed E-state index contributed by atoms with van der Waals surface area (Å²) in [7, 11) is 0. The zero-order chi connectivity index (χ0) is 17.7. The minimum Gasteiger partial charge on any atom is -0.508 e. The molecule has 1 unspecified atom stereocenters. The Balaban J connectivity index is 2.07. The Morgan fingerprint density at radius 3 is 2.52 bits per heavy atom. The summed E-state index contributed by atoms with van der Waals surface area (Å²) < 4.78 is 5.71. The molecular formula is C18H13ClN2O4. The van der Waals surface area contributed by atoms with Crippen molar-refractivity contribution in [3.05, 3.63) is 84.5 Å². The van der Waals surface area contributed by atoms with Crippen LogP contribution in [-0.4, -0.2) is 15.1 Å². The van der Waals surface area contributed by atoms with Crippen LogP contribution in [0.3, 0.4) is 0 Å². The topological polar surface area (TPSA) is 95.2 Å². The molecule has 0 bridgehead atoms. The van der Waals surface area contributed by atoms with E-state index < -0.39 is 17.2 Å². The first-order chi connectivity index (χ1) is 11.9. The van der Waals surface area contributed by atoms with Crippen molar-refractivity contribution < 1.29 is 9.84 Å². The van der Waals surface area contributed by atoms with Gasteiger partial charge in [-0.1, -0.05) is 23.7 Å². The highest BCUT2D eigenvalue weighted by Gasteiger charge is 2.34. The first-order valence-electron chi connectivity index (χ1n) is 7.57. The average Bonchev–Trinajstić information content (AvgIpc) is 2.53. The van der Waals surface area contributed by atoms with Crippen LogP contribution in [0.2, 0.25) is 5.02 Å². The molecule has 1 aliphatic heterocycles. The first-order valence-corrected chi connectivity index (χ1v) is 7.95. The van der Waals surface area contributed by atoms with E-state index in [0.717, 1.165) is 16.7 Å². The smallest absolute Gasteiger partial charge is 0.328 e. The molecule has 7 heteroatoms. The number of aromatic hydroxyl groups is 1. The van der Waals surface area contributed by atoms with Gasteiger partial charge in [0, 0.05) is 22.6 Å². The number of phenols is 1. The molecule has 0 fully saturated rings. The monoisotopic (exact) mass is 356 g/mol. The Bertz CT molecular complexity index is 1100. The summed E-state index contributed by atoms with van der Waals surface area (Å²) in [5, 5.41) is 10.5. The number of aromatic nitrogens is 2. The Labute approximate surface area is 146 Å². The maximum atomic E-state index is 12.5. The number of aromatic amines is 2. The van der Waals surface area contributed by atoms with Crippen LogP contribution in [0.15, 0.2) is 46.0 Å². The molecule has 3 aromatic rings. The van der Waals surface area contributed by atoms with Crippen molar-refractivity contribution in [2.75, 3.05) is 0 Å². The SMILES string of the molecule is Cc1cc(O)cc2c1C(c1ccc(Cl)cc1)c1c([nH]c(=O)[nH]c1=O)O2. The summed E-state index contributed by atoms with van der Waals surface area (Å²) in [5.41, 5.74) is 1.48. The highest BCUT2D eigenvalue weighted by molar-refractivity contribution is 6.30. The standard InChI is InChI=1S/C18H13ClN2O4/c1-8-6-11(22)7-12-13(8)14(9-2-4-10(19)5-3-9)15-16(23)20-18(24)21-17(15)25-12/h2-7,14,22H,1H3,(H2,20,21,23,24). The van der Waals surface area contributed by atoms with Gasteiger partial charge in [0.1, 0.15) is 11.5 Å². The minimum atomic E-state index is -0.654. The van der Waals surface area contributed by atoms with Crippen molar-refractivity contribution in [3.8, 4) is 17.4 Å². The van der Waals surface area contributed by atoms with E-state index in [4.69, 9.17) is 16.3 Å². The van der Waals surface area contributed by atoms with Crippen molar-refractivity contribution in [1.82, 2.24) is 9.97 Å². The van der Waals surface area contributed by atoms with Crippen molar-refractivity contribution in [2.24, 2.45) is 0 Å². The molecule has 0 radical (unpaired) electrons. The molecule has 126 valence electrons. The van der Waals surface area contributed by atoms with Crippen molar-refractivity contribution in [3.63, 3.8) is 0 Å². The molecule has 0 spiro atoms. The Morgan fingerprint density at radius 2 is 1.80 bits per heavy atom. The predicted octanol–water partition coefficient (Wildman–Crippen LogP) is 3.02. The molecule has 1 aliphatic rings. The van der Waals surface area contributed by atoms with Gasteiger partial charge in [-0.2, -0.15) is 0 Å². The third kappa shape index (κ3) is 2.51. The number of hydrogen-bond donors (Lipinski definition) is 3. The lowest BCUT2D eigenvalue weighted by Crippen LogP contribution is -2.30. The number of H-pyrrole nitrogens is 2. The lowest BCUT2D eigenvalue weighted by atomic mass is 9.82. The Morgan fingerprint density at radius 1 is 1.08 bits per heavy atom. The molecule has 2 heterocycles. The minimum absolute atomic E-state index is 0.0433. The van der Waals surface area contributed by atoms with Gasteiger partial charge in [-0.3, -0.25) is 14.8 Å². The second-order valence-corrected chi connectivity index (χ2v) is 6.35. The van der Waals surface area contributed by atoms with Crippen LogP contribution in [0.5, 0.6) is 17.4 Å². The van der Waals surface area contributed by atoms with Gasteiger partial charge < -0.3 is 9.84 Å².